The first-order valence-corrected chi connectivity index (χ1v) is 37.7. The van der Waals surface area contributed by atoms with Gasteiger partial charge < -0.3 is 0 Å². The normalized spacial score (nSPS) is 9.38. The van der Waals surface area contributed by atoms with E-state index in [2.05, 4.69) is 244 Å². The third-order valence-electron chi connectivity index (χ3n) is 10.2. The van der Waals surface area contributed by atoms with Gasteiger partial charge in [-0.1, -0.05) is 515 Å². The zero-order valence-corrected chi connectivity index (χ0v) is 67.3. The second kappa shape index (κ2) is 126. The molecule has 0 saturated heterocycles. The summed E-state index contributed by atoms with van der Waals surface area (Å²) in [4.78, 5) is 0. The van der Waals surface area contributed by atoms with E-state index in [0.717, 1.165) is 32.1 Å². The Bertz CT molecular complexity index is 2130. The summed E-state index contributed by atoms with van der Waals surface area (Å²) in [6.45, 7) is 64.2. The molecule has 0 atom stereocenters. The number of hydrogen-bond donors (Lipinski definition) is 0. The highest BCUT2D eigenvalue weighted by Gasteiger charge is 2.00. The molecule has 0 aliphatic heterocycles. The van der Waals surface area contributed by atoms with Crippen LogP contribution in [0.1, 0.15) is 300 Å². The fraction of sp³-hybridized carbons (Fsp3) is 0.462. The molecule has 0 heterocycles. The van der Waals surface area contributed by atoms with Gasteiger partial charge in [-0.05, 0) is 77.6 Å². The van der Waals surface area contributed by atoms with Gasteiger partial charge in [-0.25, -0.2) is 0 Å². The first-order valence-electron chi connectivity index (χ1n) is 37.7. The van der Waals surface area contributed by atoms with E-state index in [9.17, 15) is 0 Å². The van der Waals surface area contributed by atoms with Crippen molar-refractivity contribution in [3.63, 3.8) is 0 Å². The van der Waals surface area contributed by atoms with Gasteiger partial charge in [0, 0.05) is 0 Å². The van der Waals surface area contributed by atoms with Crippen molar-refractivity contribution in [1.29, 1.82) is 0 Å². The lowest BCUT2D eigenvalue weighted by Crippen LogP contribution is -1.85. The Hall–Kier alpha value is -6.50. The van der Waals surface area contributed by atoms with Gasteiger partial charge in [-0.3, -0.25) is 0 Å². The lowest BCUT2D eigenvalue weighted by atomic mass is 10.1. The molecule has 11 rings (SSSR count). The van der Waals surface area contributed by atoms with Gasteiger partial charge in [0.05, 0.1) is 0 Å². The SMILES string of the molecule is C.C1=CCC=C1.C1=CCC=C1.C1=Cc2ccccc2C1.C1CCCC1.CC.CC.CC.CC.CC.CC.CC.CC.CC.CC.CC.CC.CC.CC.CC.CCc1ccccc1.Cc1ccccc1.c1ccc(Cc2ccccc2)cc1.c1ccc2ccccc2c1. The maximum absolute atomic E-state index is 2.20. The molecule has 0 aromatic heterocycles. The van der Waals surface area contributed by atoms with Crippen molar-refractivity contribution in [1.82, 2.24) is 0 Å². The van der Waals surface area contributed by atoms with Crippen molar-refractivity contribution >= 4 is 16.8 Å². The molecule has 0 radical (unpaired) electrons. The van der Waals surface area contributed by atoms with Gasteiger partial charge in [0.2, 0.25) is 0 Å². The minimum Gasteiger partial charge on any atom is -0.0808 e. The predicted molar refractivity (Wildman–Crippen MR) is 452 cm³/mol. The summed E-state index contributed by atoms with van der Waals surface area (Å²) in [5, 5.41) is 2.62. The Balaban J connectivity index is -0.0000000682. The average Bonchev–Trinajstić information content (AvgIpc) is 2.20. The molecule has 0 bridgehead atoms. The summed E-state index contributed by atoms with van der Waals surface area (Å²) in [7, 11) is 0. The predicted octanol–water partition coefficient (Wildman–Crippen LogP) is 33.6. The number of benzene rings is 7. The van der Waals surface area contributed by atoms with Gasteiger partial charge >= 0.3 is 0 Å². The van der Waals surface area contributed by atoms with E-state index in [1.807, 2.05) is 232 Å². The number of rotatable bonds is 3. The van der Waals surface area contributed by atoms with Gasteiger partial charge in [-0.2, -0.15) is 0 Å². The quantitative estimate of drug-likeness (QED) is 0.165. The molecule has 7 aromatic carbocycles. The molecule has 1 saturated carbocycles. The number of hydrogen-bond acceptors (Lipinski definition) is 0. The number of fused-ring (bicyclic) bond motifs is 2. The van der Waals surface area contributed by atoms with E-state index >= 15 is 0 Å². The molecular weight excluding hydrogens is 1120 g/mol. The summed E-state index contributed by atoms with van der Waals surface area (Å²) in [5.41, 5.74) is 8.31. The van der Waals surface area contributed by atoms with Gasteiger partial charge in [-0.15, -0.1) is 0 Å². The fourth-order valence-corrected chi connectivity index (χ4v) is 6.67. The zero-order chi connectivity index (χ0) is 73.4. The summed E-state index contributed by atoms with van der Waals surface area (Å²) < 4.78 is 0. The van der Waals surface area contributed by atoms with E-state index < -0.39 is 0 Å². The molecule has 7 aromatic rings. The maximum Gasteiger partial charge on any atom is -0.00258 e. The van der Waals surface area contributed by atoms with Crippen LogP contribution in [0.5, 0.6) is 0 Å². The van der Waals surface area contributed by atoms with Crippen molar-refractivity contribution in [3.8, 4) is 0 Å². The van der Waals surface area contributed by atoms with Crippen LogP contribution in [0.3, 0.4) is 0 Å². The van der Waals surface area contributed by atoms with Crippen LogP contribution in [0.2, 0.25) is 0 Å². The Morgan fingerprint density at radius 2 is 0.495 bits per heavy atom. The van der Waals surface area contributed by atoms with E-state index in [0.29, 0.717) is 0 Å². The van der Waals surface area contributed by atoms with Crippen LogP contribution in [-0.2, 0) is 19.3 Å². The molecule has 0 heteroatoms. The van der Waals surface area contributed by atoms with Crippen molar-refractivity contribution in [2.45, 2.75) is 293 Å². The van der Waals surface area contributed by atoms with Crippen molar-refractivity contribution in [3.05, 3.63) is 282 Å². The lowest BCUT2D eigenvalue weighted by Gasteiger charge is -2.00. The highest BCUT2D eigenvalue weighted by Crippen LogP contribution is 2.18. The first-order chi connectivity index (χ1) is 45.7. The van der Waals surface area contributed by atoms with Crippen LogP contribution in [0.25, 0.3) is 16.8 Å². The van der Waals surface area contributed by atoms with Crippen LogP contribution in [0.4, 0.5) is 0 Å². The third-order valence-corrected chi connectivity index (χ3v) is 10.2. The Labute approximate surface area is 588 Å². The minimum absolute atomic E-state index is 0. The second-order valence-electron chi connectivity index (χ2n) is 15.2. The number of aryl methyl sites for hydroxylation is 2. The number of allylic oxidation sites excluding steroid dienone is 9. The monoisotopic (exact) mass is 1280 g/mol. The lowest BCUT2D eigenvalue weighted by molar-refractivity contribution is 0.886. The maximum atomic E-state index is 2.20. The van der Waals surface area contributed by atoms with Crippen molar-refractivity contribution in [2.75, 3.05) is 0 Å². The second-order valence-corrected chi connectivity index (χ2v) is 15.2. The molecule has 0 unspecified atom stereocenters. The highest BCUT2D eigenvalue weighted by molar-refractivity contribution is 5.82. The van der Waals surface area contributed by atoms with Crippen molar-refractivity contribution < 1.29 is 0 Å². The molecular formula is C93H162. The topological polar surface area (TPSA) is 0 Å². The third kappa shape index (κ3) is 89.7. The van der Waals surface area contributed by atoms with Crippen LogP contribution in [0, 0.1) is 6.92 Å². The standard InChI is InChI=1S/C13H12.C10H8.C9H8.C8H10.C7H8.C5H10.2C5H6.15C2H6.CH4/c1-3-7-12(8-4-1)11-13-9-5-2-6-10-13;1-2-6-10-8-4-3-7-9(10)5-1;1-2-5-9-7-3-6-8(9)4-1;1-2-8-6-4-3-5-7-8;1-7-5-3-2-4-6-7;3*1-2-4-5-3-1;15*1-2;/h1-10H,11H2;1-8H;1-6H,7H2;3-7H,2H2,1H3;2-6H,1H3;1-5H2;2*1-4H,5H2;15*1-2H3;1H4. The summed E-state index contributed by atoms with van der Waals surface area (Å²) >= 11 is 0. The molecule has 4 aliphatic carbocycles. The molecule has 0 spiro atoms. The average molecular weight is 1280 g/mol. The minimum atomic E-state index is 0. The first kappa shape index (κ1) is 117. The Morgan fingerprint density at radius 1 is 0.258 bits per heavy atom. The van der Waals surface area contributed by atoms with E-state index in [1.165, 1.54) is 76.3 Å². The summed E-state index contributed by atoms with van der Waals surface area (Å²) in [6.07, 6.45) is 34.2. The molecule has 4 aliphatic rings. The smallest absolute Gasteiger partial charge is 0.00258 e. The van der Waals surface area contributed by atoms with Crippen LogP contribution >= 0.6 is 0 Å². The van der Waals surface area contributed by atoms with Gasteiger partial charge in [0.25, 0.3) is 0 Å². The molecule has 0 nitrogen and oxygen atoms in total. The van der Waals surface area contributed by atoms with Crippen LogP contribution < -0.4 is 0 Å². The largest absolute Gasteiger partial charge is 0.0808 e. The van der Waals surface area contributed by atoms with Crippen molar-refractivity contribution in [2.24, 2.45) is 0 Å². The highest BCUT2D eigenvalue weighted by atomic mass is 14.1. The fourth-order valence-electron chi connectivity index (χ4n) is 6.67. The Morgan fingerprint density at radius 3 is 0.710 bits per heavy atom. The van der Waals surface area contributed by atoms with Gasteiger partial charge in [0.15, 0.2) is 0 Å². The molecule has 0 amide bonds. The molecule has 1 fully saturated rings. The summed E-state index contributed by atoms with van der Waals surface area (Å²) in [5.74, 6) is 0. The zero-order valence-electron chi connectivity index (χ0n) is 67.3. The van der Waals surface area contributed by atoms with E-state index in [4.69, 9.17) is 0 Å². The van der Waals surface area contributed by atoms with E-state index in [-0.39, 0.29) is 7.43 Å². The van der Waals surface area contributed by atoms with Crippen LogP contribution in [0.15, 0.2) is 249 Å². The van der Waals surface area contributed by atoms with E-state index in [1.54, 1.807) is 0 Å². The molecule has 93 heavy (non-hydrogen) atoms. The molecule has 534 valence electrons. The van der Waals surface area contributed by atoms with Crippen LogP contribution in [-0.4, -0.2) is 0 Å². The van der Waals surface area contributed by atoms with Gasteiger partial charge in [0.1, 0.15) is 0 Å². The summed E-state index contributed by atoms with van der Waals surface area (Å²) in [6, 6.07) is 67.0. The Kier molecular flexibility index (Phi) is 159. The molecule has 0 N–H and O–H groups in total.